The Kier molecular flexibility index (Phi) is 5.29. The zero-order chi connectivity index (χ0) is 17.9. The third-order valence-electron chi connectivity index (χ3n) is 3.78. The van der Waals surface area contributed by atoms with Crippen molar-refractivity contribution >= 4 is 21.7 Å². The molecule has 2 aromatic carbocycles. The van der Waals surface area contributed by atoms with Crippen molar-refractivity contribution in [3.63, 3.8) is 0 Å². The van der Waals surface area contributed by atoms with Gasteiger partial charge in [0.15, 0.2) is 0 Å². The molecule has 0 bridgehead atoms. The van der Waals surface area contributed by atoms with Crippen LogP contribution in [0.15, 0.2) is 47.4 Å². The Morgan fingerprint density at radius 3 is 2.08 bits per heavy atom. The van der Waals surface area contributed by atoms with Gasteiger partial charge in [0.05, 0.1) is 10.6 Å². The standard InChI is InChI=1S/C18H21NO4S/c1-13-10-14(2)12-16(11-13)19(3)24(22,23)17-7-4-15(5-8-17)6-9-18(20)21/h4-5,7-8,10-12H,6,9H2,1-3H3,(H,20,21). The van der Waals surface area contributed by atoms with Crippen LogP contribution < -0.4 is 4.31 Å². The number of carboxylic acids is 1. The Morgan fingerprint density at radius 1 is 1.04 bits per heavy atom. The molecular formula is C18H21NO4S. The first-order valence-electron chi connectivity index (χ1n) is 7.58. The second-order valence-corrected chi connectivity index (χ2v) is 7.83. The van der Waals surface area contributed by atoms with Crippen LogP contribution >= 0.6 is 0 Å². The van der Waals surface area contributed by atoms with Crippen molar-refractivity contribution in [3.05, 3.63) is 59.2 Å². The molecule has 0 fully saturated rings. The van der Waals surface area contributed by atoms with E-state index in [0.717, 1.165) is 16.7 Å². The van der Waals surface area contributed by atoms with Crippen LogP contribution in [0.2, 0.25) is 0 Å². The molecule has 0 heterocycles. The fourth-order valence-corrected chi connectivity index (χ4v) is 3.69. The zero-order valence-electron chi connectivity index (χ0n) is 14.0. The fraction of sp³-hybridized carbons (Fsp3) is 0.278. The average molecular weight is 347 g/mol. The molecule has 0 aromatic heterocycles. The van der Waals surface area contributed by atoms with Crippen LogP contribution in [-0.2, 0) is 21.2 Å². The van der Waals surface area contributed by atoms with E-state index in [2.05, 4.69) is 0 Å². The summed E-state index contributed by atoms with van der Waals surface area (Å²) >= 11 is 0. The van der Waals surface area contributed by atoms with Gasteiger partial charge in [-0.05, 0) is 61.2 Å². The van der Waals surface area contributed by atoms with Crippen molar-refractivity contribution in [2.45, 2.75) is 31.6 Å². The number of nitrogens with zero attached hydrogens (tertiary/aromatic N) is 1. The molecule has 0 atom stereocenters. The number of hydrogen-bond donors (Lipinski definition) is 1. The van der Waals surface area contributed by atoms with Gasteiger partial charge in [0.25, 0.3) is 10.0 Å². The fourth-order valence-electron chi connectivity index (χ4n) is 2.51. The molecule has 0 aliphatic rings. The van der Waals surface area contributed by atoms with Gasteiger partial charge in [-0.2, -0.15) is 0 Å². The van der Waals surface area contributed by atoms with E-state index in [0.29, 0.717) is 12.1 Å². The molecule has 2 rings (SSSR count). The molecular weight excluding hydrogens is 326 g/mol. The first kappa shape index (κ1) is 18.0. The number of aliphatic carboxylic acids is 1. The maximum atomic E-state index is 12.8. The minimum Gasteiger partial charge on any atom is -0.481 e. The molecule has 0 unspecified atom stereocenters. The SMILES string of the molecule is Cc1cc(C)cc(N(C)S(=O)(=O)c2ccc(CCC(=O)O)cc2)c1. The average Bonchev–Trinajstić information content (AvgIpc) is 2.51. The first-order chi connectivity index (χ1) is 11.2. The maximum Gasteiger partial charge on any atom is 0.303 e. The molecule has 2 aromatic rings. The molecule has 0 spiro atoms. The van der Waals surface area contributed by atoms with E-state index in [-0.39, 0.29) is 11.3 Å². The van der Waals surface area contributed by atoms with E-state index < -0.39 is 16.0 Å². The summed E-state index contributed by atoms with van der Waals surface area (Å²) in [7, 11) is -2.13. The van der Waals surface area contributed by atoms with Crippen molar-refractivity contribution in [2.75, 3.05) is 11.4 Å². The summed E-state index contributed by atoms with van der Waals surface area (Å²) in [6.07, 6.45) is 0.400. The zero-order valence-corrected chi connectivity index (χ0v) is 14.8. The number of carboxylic acid groups (broad SMARTS) is 1. The lowest BCUT2D eigenvalue weighted by Gasteiger charge is -2.20. The Hall–Kier alpha value is -2.34. The number of carbonyl (C=O) groups is 1. The quantitative estimate of drug-likeness (QED) is 0.871. The van der Waals surface area contributed by atoms with Crippen molar-refractivity contribution < 1.29 is 18.3 Å². The molecule has 6 heteroatoms. The molecule has 128 valence electrons. The molecule has 0 aliphatic heterocycles. The van der Waals surface area contributed by atoms with Crippen molar-refractivity contribution in [2.24, 2.45) is 0 Å². The largest absolute Gasteiger partial charge is 0.481 e. The van der Waals surface area contributed by atoms with Crippen LogP contribution in [0.4, 0.5) is 5.69 Å². The predicted molar refractivity (Wildman–Crippen MR) is 93.9 cm³/mol. The van der Waals surface area contributed by atoms with Crippen LogP contribution in [0.1, 0.15) is 23.1 Å². The number of rotatable bonds is 6. The number of benzene rings is 2. The number of anilines is 1. The highest BCUT2D eigenvalue weighted by Gasteiger charge is 2.21. The van der Waals surface area contributed by atoms with Crippen LogP contribution in [0.25, 0.3) is 0 Å². The van der Waals surface area contributed by atoms with Gasteiger partial charge in [-0.15, -0.1) is 0 Å². The highest BCUT2D eigenvalue weighted by atomic mass is 32.2. The van der Waals surface area contributed by atoms with Crippen LogP contribution in [-0.4, -0.2) is 26.5 Å². The van der Waals surface area contributed by atoms with E-state index in [4.69, 9.17) is 5.11 Å². The third-order valence-corrected chi connectivity index (χ3v) is 5.58. The van der Waals surface area contributed by atoms with E-state index >= 15 is 0 Å². The second kappa shape index (κ2) is 7.05. The van der Waals surface area contributed by atoms with E-state index in [1.165, 1.54) is 23.5 Å². The number of aryl methyl sites for hydroxylation is 3. The van der Waals surface area contributed by atoms with Crippen molar-refractivity contribution in [1.82, 2.24) is 0 Å². The van der Waals surface area contributed by atoms with Crippen LogP contribution in [0.5, 0.6) is 0 Å². The van der Waals surface area contributed by atoms with Gasteiger partial charge in [-0.1, -0.05) is 18.2 Å². The summed E-state index contributed by atoms with van der Waals surface area (Å²) in [6.45, 7) is 3.85. The smallest absolute Gasteiger partial charge is 0.303 e. The van der Waals surface area contributed by atoms with Crippen LogP contribution in [0, 0.1) is 13.8 Å². The van der Waals surface area contributed by atoms with Gasteiger partial charge >= 0.3 is 5.97 Å². The summed E-state index contributed by atoms with van der Waals surface area (Å²) in [5, 5.41) is 8.70. The molecule has 0 saturated heterocycles. The highest BCUT2D eigenvalue weighted by molar-refractivity contribution is 7.92. The monoisotopic (exact) mass is 347 g/mol. The van der Waals surface area contributed by atoms with Crippen molar-refractivity contribution in [3.8, 4) is 0 Å². The summed E-state index contributed by atoms with van der Waals surface area (Å²) in [4.78, 5) is 10.8. The Morgan fingerprint density at radius 2 is 1.58 bits per heavy atom. The second-order valence-electron chi connectivity index (χ2n) is 5.86. The van der Waals surface area contributed by atoms with E-state index in [1.54, 1.807) is 12.1 Å². The Balaban J connectivity index is 2.27. The summed E-state index contributed by atoms with van der Waals surface area (Å²) in [5.41, 5.74) is 3.40. The van der Waals surface area contributed by atoms with Gasteiger partial charge in [0.1, 0.15) is 0 Å². The summed E-state index contributed by atoms with van der Waals surface area (Å²) in [5.74, 6) is -0.874. The Bertz CT molecular complexity index is 822. The molecule has 5 nitrogen and oxygen atoms in total. The topological polar surface area (TPSA) is 74.7 Å². The lowest BCUT2D eigenvalue weighted by Crippen LogP contribution is -2.26. The van der Waals surface area contributed by atoms with Gasteiger partial charge in [-0.25, -0.2) is 8.42 Å². The maximum absolute atomic E-state index is 12.8. The first-order valence-corrected chi connectivity index (χ1v) is 9.02. The lowest BCUT2D eigenvalue weighted by molar-refractivity contribution is -0.136. The third kappa shape index (κ3) is 4.14. The molecule has 0 aliphatic carbocycles. The normalized spacial score (nSPS) is 11.3. The van der Waals surface area contributed by atoms with Gasteiger partial charge < -0.3 is 5.11 Å². The molecule has 24 heavy (non-hydrogen) atoms. The molecule has 1 N–H and O–H groups in total. The molecule has 0 saturated carbocycles. The molecule has 0 radical (unpaired) electrons. The minimum absolute atomic E-state index is 0.0224. The summed E-state index contributed by atoms with van der Waals surface area (Å²) in [6, 6.07) is 12.0. The van der Waals surface area contributed by atoms with Crippen molar-refractivity contribution in [1.29, 1.82) is 0 Å². The van der Waals surface area contributed by atoms with E-state index in [1.807, 2.05) is 32.0 Å². The van der Waals surface area contributed by atoms with E-state index in [9.17, 15) is 13.2 Å². The minimum atomic E-state index is -3.66. The predicted octanol–water partition coefficient (Wildman–Crippen LogP) is 3.15. The number of hydrogen-bond acceptors (Lipinski definition) is 3. The number of sulfonamides is 1. The van der Waals surface area contributed by atoms with Crippen LogP contribution in [0.3, 0.4) is 0 Å². The lowest BCUT2D eigenvalue weighted by atomic mass is 10.1. The molecule has 0 amide bonds. The summed E-state index contributed by atoms with van der Waals surface area (Å²) < 4.78 is 26.8. The highest BCUT2D eigenvalue weighted by Crippen LogP contribution is 2.24. The van der Waals surface area contributed by atoms with Gasteiger partial charge in [-0.3, -0.25) is 9.10 Å². The Labute approximate surface area is 142 Å². The van der Waals surface area contributed by atoms with Gasteiger partial charge in [0.2, 0.25) is 0 Å². The van der Waals surface area contributed by atoms with Gasteiger partial charge in [0, 0.05) is 13.5 Å².